The van der Waals surface area contributed by atoms with Crippen LogP contribution in [0.15, 0.2) is 103 Å². The number of benzene rings is 4. The van der Waals surface area contributed by atoms with Crippen molar-refractivity contribution >= 4 is 17.0 Å². The van der Waals surface area contributed by atoms with E-state index in [0.29, 0.717) is 24.6 Å². The van der Waals surface area contributed by atoms with Gasteiger partial charge in [0.1, 0.15) is 30.7 Å². The van der Waals surface area contributed by atoms with Crippen molar-refractivity contribution < 1.29 is 24.8 Å². The monoisotopic (exact) mass is 537 g/mol. The van der Waals surface area contributed by atoms with Crippen LogP contribution in [0.5, 0.6) is 5.75 Å². The number of aliphatic hydroxyl groups excluding tert-OH is 3. The van der Waals surface area contributed by atoms with Gasteiger partial charge in [-0.2, -0.15) is 0 Å². The minimum atomic E-state index is -1.22. The predicted molar refractivity (Wildman–Crippen MR) is 153 cm³/mol. The minimum Gasteiger partial charge on any atom is -0.488 e. The van der Waals surface area contributed by atoms with Crippen molar-refractivity contribution in [3.8, 4) is 16.9 Å². The van der Waals surface area contributed by atoms with E-state index in [4.69, 9.17) is 14.5 Å². The van der Waals surface area contributed by atoms with E-state index in [-0.39, 0.29) is 0 Å². The van der Waals surface area contributed by atoms with Crippen LogP contribution in [0.25, 0.3) is 22.2 Å². The summed E-state index contributed by atoms with van der Waals surface area (Å²) in [5, 5.41) is 34.1. The van der Waals surface area contributed by atoms with Gasteiger partial charge >= 0.3 is 0 Å². The molecule has 4 atom stereocenters. The molecule has 1 fully saturated rings. The molecule has 1 aromatic heterocycles. The Morgan fingerprint density at radius 1 is 0.825 bits per heavy atom. The van der Waals surface area contributed by atoms with E-state index in [1.54, 1.807) is 4.57 Å². The fourth-order valence-electron chi connectivity index (χ4n) is 5.09. The van der Waals surface area contributed by atoms with Gasteiger partial charge in [0.25, 0.3) is 0 Å². The summed E-state index contributed by atoms with van der Waals surface area (Å²) in [5.41, 5.74) is 5.58. The van der Waals surface area contributed by atoms with Crippen LogP contribution >= 0.6 is 0 Å². The average Bonchev–Trinajstić information content (AvgIpc) is 3.51. The fraction of sp³-hybridized carbons (Fsp3) is 0.219. The number of ether oxygens (including phenoxy) is 2. The molecule has 4 N–H and O–H groups in total. The number of aromatic nitrogens is 2. The summed E-state index contributed by atoms with van der Waals surface area (Å²) in [6.07, 6.45) is -4.23. The van der Waals surface area contributed by atoms with Crippen molar-refractivity contribution in [3.63, 3.8) is 0 Å². The average molecular weight is 538 g/mol. The summed E-state index contributed by atoms with van der Waals surface area (Å²) in [6, 6.07) is 33.8. The number of imidazole rings is 1. The molecule has 0 amide bonds. The van der Waals surface area contributed by atoms with Gasteiger partial charge in [0.15, 0.2) is 6.23 Å². The highest BCUT2D eigenvalue weighted by atomic mass is 16.6. The van der Waals surface area contributed by atoms with Crippen molar-refractivity contribution in [2.24, 2.45) is 0 Å². The van der Waals surface area contributed by atoms with Crippen LogP contribution in [0, 0.1) is 0 Å². The van der Waals surface area contributed by atoms with Gasteiger partial charge in [-0.15, -0.1) is 0 Å². The van der Waals surface area contributed by atoms with Crippen LogP contribution in [-0.4, -0.2) is 49.8 Å². The zero-order valence-electron chi connectivity index (χ0n) is 21.8. The highest BCUT2D eigenvalue weighted by molar-refractivity contribution is 5.79. The van der Waals surface area contributed by atoms with Crippen LogP contribution in [0.4, 0.5) is 5.95 Å². The topological polar surface area (TPSA) is 109 Å². The van der Waals surface area contributed by atoms with Gasteiger partial charge in [-0.05, 0) is 34.9 Å². The molecule has 0 saturated carbocycles. The van der Waals surface area contributed by atoms with Crippen LogP contribution in [0.2, 0.25) is 0 Å². The lowest BCUT2D eigenvalue weighted by molar-refractivity contribution is -0.0499. The van der Waals surface area contributed by atoms with E-state index >= 15 is 0 Å². The maximum absolute atomic E-state index is 10.7. The van der Waals surface area contributed by atoms with E-state index in [1.807, 2.05) is 84.9 Å². The van der Waals surface area contributed by atoms with Gasteiger partial charge < -0.3 is 30.1 Å². The first-order valence-corrected chi connectivity index (χ1v) is 13.3. The first-order chi connectivity index (χ1) is 19.6. The van der Waals surface area contributed by atoms with Crippen LogP contribution in [0.1, 0.15) is 17.4 Å². The largest absolute Gasteiger partial charge is 0.488 e. The Morgan fingerprint density at radius 3 is 2.30 bits per heavy atom. The van der Waals surface area contributed by atoms with Crippen molar-refractivity contribution in [1.29, 1.82) is 0 Å². The van der Waals surface area contributed by atoms with Gasteiger partial charge in [-0.3, -0.25) is 4.57 Å². The van der Waals surface area contributed by atoms with Crippen molar-refractivity contribution in [3.05, 3.63) is 114 Å². The number of nitrogens with one attached hydrogen (secondary N) is 1. The van der Waals surface area contributed by atoms with Gasteiger partial charge in [0.05, 0.1) is 17.6 Å². The molecule has 1 saturated heterocycles. The normalized spacial score (nSPS) is 20.6. The molecule has 0 spiro atoms. The van der Waals surface area contributed by atoms with E-state index < -0.39 is 31.1 Å². The molecule has 8 heteroatoms. The highest BCUT2D eigenvalue weighted by Gasteiger charge is 2.44. The van der Waals surface area contributed by atoms with Crippen LogP contribution < -0.4 is 10.1 Å². The molecule has 1 aliphatic rings. The van der Waals surface area contributed by atoms with Gasteiger partial charge in [-0.1, -0.05) is 84.9 Å². The Bertz CT molecular complexity index is 1570. The quantitative estimate of drug-likeness (QED) is 0.219. The van der Waals surface area contributed by atoms with Gasteiger partial charge in [0, 0.05) is 12.1 Å². The Labute approximate surface area is 232 Å². The summed E-state index contributed by atoms with van der Waals surface area (Å²) < 4.78 is 13.9. The van der Waals surface area contributed by atoms with Crippen molar-refractivity contribution in [2.45, 2.75) is 37.7 Å². The predicted octanol–water partition coefficient (Wildman–Crippen LogP) is 4.51. The molecule has 0 aliphatic carbocycles. The number of anilines is 1. The molecular weight excluding hydrogens is 506 g/mol. The Hall–Kier alpha value is -4.21. The Morgan fingerprint density at radius 2 is 1.55 bits per heavy atom. The molecular formula is C32H31N3O5. The number of fused-ring (bicyclic) bond motifs is 1. The molecule has 0 radical (unpaired) electrons. The fourth-order valence-corrected chi connectivity index (χ4v) is 5.09. The zero-order valence-corrected chi connectivity index (χ0v) is 21.8. The smallest absolute Gasteiger partial charge is 0.206 e. The van der Waals surface area contributed by atoms with Gasteiger partial charge in [-0.25, -0.2) is 4.98 Å². The number of para-hydroxylation sites is 2. The molecule has 5 aromatic rings. The summed E-state index contributed by atoms with van der Waals surface area (Å²) in [5.74, 6) is 1.25. The third kappa shape index (κ3) is 5.17. The zero-order chi connectivity index (χ0) is 27.5. The maximum Gasteiger partial charge on any atom is 0.206 e. The Kier molecular flexibility index (Phi) is 7.48. The van der Waals surface area contributed by atoms with Crippen molar-refractivity contribution in [1.82, 2.24) is 9.55 Å². The molecule has 1 aliphatic heterocycles. The molecule has 40 heavy (non-hydrogen) atoms. The molecule has 0 bridgehead atoms. The molecule has 4 aromatic carbocycles. The lowest BCUT2D eigenvalue weighted by Crippen LogP contribution is -2.33. The SMILES string of the molecule is OC[C@H]1OC(n2c(NCc3ccc(-c4ccccc4)c(OCc4ccccc4)c3)nc3ccccc32)[C@H](O)[C@@H]1O. The number of rotatable bonds is 9. The van der Waals surface area contributed by atoms with Crippen LogP contribution in [-0.2, 0) is 17.9 Å². The summed E-state index contributed by atoms with van der Waals surface area (Å²) in [4.78, 5) is 4.73. The standard InChI is InChI=1S/C32H31N3O5/c36-19-28-29(37)30(38)31(40-28)35-26-14-8-7-13-25(26)34-32(35)33-18-22-15-16-24(23-11-5-2-6-12-23)27(17-22)39-20-21-9-3-1-4-10-21/h1-17,28-31,36-38H,18-20H2,(H,33,34)/t28-,29-,30-,31?/m1/s1. The number of hydrogen-bond donors (Lipinski definition) is 4. The van der Waals surface area contributed by atoms with Crippen LogP contribution in [0.3, 0.4) is 0 Å². The first kappa shape index (κ1) is 26.0. The second-order valence-corrected chi connectivity index (χ2v) is 9.85. The number of nitrogens with zero attached hydrogens (tertiary/aromatic N) is 2. The number of hydrogen-bond acceptors (Lipinski definition) is 7. The molecule has 1 unspecified atom stereocenters. The second-order valence-electron chi connectivity index (χ2n) is 9.85. The lowest BCUT2D eigenvalue weighted by Gasteiger charge is -2.20. The van der Waals surface area contributed by atoms with E-state index in [0.717, 1.165) is 33.5 Å². The molecule has 204 valence electrons. The van der Waals surface area contributed by atoms with Gasteiger partial charge in [0.2, 0.25) is 5.95 Å². The summed E-state index contributed by atoms with van der Waals surface area (Å²) >= 11 is 0. The third-order valence-electron chi connectivity index (χ3n) is 7.19. The third-order valence-corrected chi connectivity index (χ3v) is 7.19. The Balaban J connectivity index is 1.29. The first-order valence-electron chi connectivity index (χ1n) is 13.3. The van der Waals surface area contributed by atoms with Crippen molar-refractivity contribution in [2.75, 3.05) is 11.9 Å². The highest BCUT2D eigenvalue weighted by Crippen LogP contribution is 2.36. The molecule has 8 nitrogen and oxygen atoms in total. The molecule has 6 rings (SSSR count). The van der Waals surface area contributed by atoms with E-state index in [9.17, 15) is 15.3 Å². The summed E-state index contributed by atoms with van der Waals surface area (Å²) in [7, 11) is 0. The van der Waals surface area contributed by atoms with E-state index in [1.165, 1.54) is 0 Å². The second kappa shape index (κ2) is 11.5. The lowest BCUT2D eigenvalue weighted by atomic mass is 10.0. The number of aliphatic hydroxyl groups is 3. The minimum absolute atomic E-state index is 0.399. The molecule has 2 heterocycles. The summed E-state index contributed by atoms with van der Waals surface area (Å²) in [6.45, 7) is 0.469. The van der Waals surface area contributed by atoms with E-state index in [2.05, 4.69) is 23.5 Å². The maximum atomic E-state index is 10.7.